The maximum absolute atomic E-state index is 13.0. The molecule has 0 aliphatic rings. The third kappa shape index (κ3) is 4.60. The number of ketones is 1. The van der Waals surface area contributed by atoms with Gasteiger partial charge in [0.1, 0.15) is 5.75 Å². The predicted molar refractivity (Wildman–Crippen MR) is 112 cm³/mol. The number of methoxy groups -OCH3 is 3. The molecule has 3 aromatic rings. The lowest BCUT2D eigenvalue weighted by Gasteiger charge is -2.14. The van der Waals surface area contributed by atoms with E-state index in [0.717, 1.165) is 0 Å². The molecule has 0 saturated heterocycles. The van der Waals surface area contributed by atoms with E-state index in [2.05, 4.69) is 0 Å². The van der Waals surface area contributed by atoms with E-state index in [4.69, 9.17) is 18.9 Å². The van der Waals surface area contributed by atoms with Crippen molar-refractivity contribution in [2.45, 2.75) is 6.42 Å². The van der Waals surface area contributed by atoms with Crippen LogP contribution in [0.15, 0.2) is 66.7 Å². The van der Waals surface area contributed by atoms with Crippen LogP contribution in [0, 0.1) is 0 Å². The molecule has 6 nitrogen and oxygen atoms in total. The Labute approximate surface area is 175 Å². The van der Waals surface area contributed by atoms with Gasteiger partial charge < -0.3 is 18.9 Å². The summed E-state index contributed by atoms with van der Waals surface area (Å²) in [6, 6.07) is 18.7. The van der Waals surface area contributed by atoms with Gasteiger partial charge in [-0.05, 0) is 42.0 Å². The topological polar surface area (TPSA) is 71.1 Å². The summed E-state index contributed by atoms with van der Waals surface area (Å²) in [5, 5.41) is 0. The van der Waals surface area contributed by atoms with Gasteiger partial charge in [-0.2, -0.15) is 0 Å². The lowest BCUT2D eigenvalue weighted by Crippen LogP contribution is -2.12. The molecule has 0 radical (unpaired) electrons. The molecule has 0 aromatic heterocycles. The van der Waals surface area contributed by atoms with Crippen LogP contribution in [0.3, 0.4) is 0 Å². The fourth-order valence-corrected chi connectivity index (χ4v) is 3.04. The summed E-state index contributed by atoms with van der Waals surface area (Å²) in [6.45, 7) is 0. The van der Waals surface area contributed by atoms with Crippen molar-refractivity contribution in [3.05, 3.63) is 83.4 Å². The van der Waals surface area contributed by atoms with E-state index in [1.807, 2.05) is 6.07 Å². The van der Waals surface area contributed by atoms with Crippen molar-refractivity contribution >= 4 is 11.8 Å². The number of esters is 1. The first kappa shape index (κ1) is 20.9. The highest BCUT2D eigenvalue weighted by molar-refractivity contribution is 6.01. The number of ether oxygens (including phenoxy) is 4. The van der Waals surface area contributed by atoms with Crippen LogP contribution in [-0.4, -0.2) is 33.1 Å². The van der Waals surface area contributed by atoms with E-state index >= 15 is 0 Å². The zero-order valence-electron chi connectivity index (χ0n) is 17.0. The number of Topliss-reactive ketones (excluding diaryl/α,β-unsaturated/α-hetero) is 1. The predicted octanol–water partition coefficient (Wildman–Crippen LogP) is 4.36. The minimum absolute atomic E-state index is 0.0661. The fourth-order valence-electron chi connectivity index (χ4n) is 3.04. The van der Waals surface area contributed by atoms with Crippen molar-refractivity contribution in [2.24, 2.45) is 0 Å². The van der Waals surface area contributed by atoms with Gasteiger partial charge in [0.2, 0.25) is 5.75 Å². The maximum Gasteiger partial charge on any atom is 0.343 e. The van der Waals surface area contributed by atoms with Crippen LogP contribution in [0.2, 0.25) is 0 Å². The van der Waals surface area contributed by atoms with E-state index in [0.29, 0.717) is 33.9 Å². The van der Waals surface area contributed by atoms with Gasteiger partial charge in [0.25, 0.3) is 0 Å². The van der Waals surface area contributed by atoms with E-state index in [9.17, 15) is 9.59 Å². The SMILES string of the molecule is COc1cc(CC(=O)c2ccccc2OC(=O)c2ccccc2)cc(OC)c1OC. The Kier molecular flexibility index (Phi) is 6.70. The second kappa shape index (κ2) is 9.60. The van der Waals surface area contributed by atoms with E-state index in [1.54, 1.807) is 60.7 Å². The van der Waals surface area contributed by atoms with E-state index in [-0.39, 0.29) is 18.0 Å². The molecule has 3 aromatic carbocycles. The van der Waals surface area contributed by atoms with Gasteiger partial charge in [0, 0.05) is 6.42 Å². The molecule has 0 unspecified atom stereocenters. The van der Waals surface area contributed by atoms with Crippen molar-refractivity contribution in [3.63, 3.8) is 0 Å². The first-order valence-corrected chi connectivity index (χ1v) is 9.25. The summed E-state index contributed by atoms with van der Waals surface area (Å²) in [6.07, 6.45) is 0.0661. The fraction of sp³-hybridized carbons (Fsp3) is 0.167. The number of hydrogen-bond donors (Lipinski definition) is 0. The monoisotopic (exact) mass is 406 g/mol. The summed E-state index contributed by atoms with van der Waals surface area (Å²) in [4.78, 5) is 25.4. The van der Waals surface area contributed by atoms with Crippen LogP contribution in [0.5, 0.6) is 23.0 Å². The Bertz CT molecular complexity index is 1020. The molecular weight excluding hydrogens is 384 g/mol. The molecule has 3 rings (SSSR count). The smallest absolute Gasteiger partial charge is 0.343 e. The molecule has 0 fully saturated rings. The van der Waals surface area contributed by atoms with Gasteiger partial charge in [0.05, 0.1) is 32.5 Å². The van der Waals surface area contributed by atoms with Crippen LogP contribution in [0.25, 0.3) is 0 Å². The molecule has 0 saturated carbocycles. The Morgan fingerprint density at radius 3 is 1.93 bits per heavy atom. The highest BCUT2D eigenvalue weighted by Gasteiger charge is 2.19. The van der Waals surface area contributed by atoms with Gasteiger partial charge in [-0.1, -0.05) is 30.3 Å². The number of carbonyl (C=O) groups excluding carboxylic acids is 2. The molecule has 6 heteroatoms. The quantitative estimate of drug-likeness (QED) is 0.315. The molecule has 0 atom stereocenters. The Morgan fingerprint density at radius 2 is 1.33 bits per heavy atom. The van der Waals surface area contributed by atoms with Crippen molar-refractivity contribution in [2.75, 3.05) is 21.3 Å². The van der Waals surface area contributed by atoms with Crippen molar-refractivity contribution in [1.82, 2.24) is 0 Å². The minimum Gasteiger partial charge on any atom is -0.493 e. The lowest BCUT2D eigenvalue weighted by molar-refractivity contribution is 0.0732. The molecule has 30 heavy (non-hydrogen) atoms. The molecule has 0 N–H and O–H groups in total. The third-order valence-corrected chi connectivity index (χ3v) is 4.49. The summed E-state index contributed by atoms with van der Waals surface area (Å²) < 4.78 is 21.5. The van der Waals surface area contributed by atoms with E-state index in [1.165, 1.54) is 21.3 Å². The standard InChI is InChI=1S/C24H22O6/c1-27-21-14-16(15-22(28-2)23(21)29-3)13-19(25)18-11-7-8-12-20(18)30-24(26)17-9-5-4-6-10-17/h4-12,14-15H,13H2,1-3H3. The second-order valence-electron chi connectivity index (χ2n) is 6.39. The zero-order chi connectivity index (χ0) is 21.5. The molecule has 0 aliphatic heterocycles. The Hall–Kier alpha value is -3.80. The molecule has 0 aliphatic carbocycles. The molecule has 0 bridgehead atoms. The molecule has 154 valence electrons. The average Bonchev–Trinajstić information content (AvgIpc) is 2.79. The van der Waals surface area contributed by atoms with Gasteiger partial charge in [-0.25, -0.2) is 4.79 Å². The van der Waals surface area contributed by atoms with Gasteiger partial charge in [-0.15, -0.1) is 0 Å². The van der Waals surface area contributed by atoms with Crippen LogP contribution >= 0.6 is 0 Å². The summed E-state index contributed by atoms with van der Waals surface area (Å²) in [7, 11) is 4.55. The molecule has 0 heterocycles. The van der Waals surface area contributed by atoms with Crippen molar-refractivity contribution < 1.29 is 28.5 Å². The largest absolute Gasteiger partial charge is 0.493 e. The number of hydrogen-bond acceptors (Lipinski definition) is 6. The second-order valence-corrected chi connectivity index (χ2v) is 6.39. The molecule has 0 amide bonds. The summed E-state index contributed by atoms with van der Waals surface area (Å²) in [5.41, 5.74) is 1.40. The van der Waals surface area contributed by atoms with Crippen LogP contribution in [0.1, 0.15) is 26.3 Å². The Balaban J connectivity index is 1.86. The first-order chi connectivity index (χ1) is 14.6. The number of rotatable bonds is 8. The summed E-state index contributed by atoms with van der Waals surface area (Å²) in [5.74, 6) is 0.855. The van der Waals surface area contributed by atoms with Crippen LogP contribution in [-0.2, 0) is 6.42 Å². The first-order valence-electron chi connectivity index (χ1n) is 9.25. The lowest BCUT2D eigenvalue weighted by atomic mass is 10.0. The number of para-hydroxylation sites is 1. The number of benzene rings is 3. The normalized spacial score (nSPS) is 10.2. The zero-order valence-corrected chi connectivity index (χ0v) is 17.0. The van der Waals surface area contributed by atoms with Crippen LogP contribution < -0.4 is 18.9 Å². The average molecular weight is 406 g/mol. The van der Waals surface area contributed by atoms with Gasteiger partial charge in [0.15, 0.2) is 17.3 Å². The molecular formula is C24H22O6. The minimum atomic E-state index is -0.524. The third-order valence-electron chi connectivity index (χ3n) is 4.49. The molecule has 0 spiro atoms. The number of carbonyl (C=O) groups is 2. The Morgan fingerprint density at radius 1 is 0.733 bits per heavy atom. The maximum atomic E-state index is 13.0. The van der Waals surface area contributed by atoms with Crippen molar-refractivity contribution in [3.8, 4) is 23.0 Å². The van der Waals surface area contributed by atoms with Gasteiger partial charge >= 0.3 is 5.97 Å². The van der Waals surface area contributed by atoms with Crippen LogP contribution in [0.4, 0.5) is 0 Å². The highest BCUT2D eigenvalue weighted by Crippen LogP contribution is 2.38. The van der Waals surface area contributed by atoms with E-state index < -0.39 is 5.97 Å². The summed E-state index contributed by atoms with van der Waals surface area (Å²) >= 11 is 0. The van der Waals surface area contributed by atoms with Crippen molar-refractivity contribution in [1.29, 1.82) is 0 Å². The highest BCUT2D eigenvalue weighted by atomic mass is 16.5. The van der Waals surface area contributed by atoms with Gasteiger partial charge in [-0.3, -0.25) is 4.79 Å².